The SMILES string of the molecule is COC(=O)c1ccc(C2(CCN)CC2)cc1. The van der Waals surface area contributed by atoms with Crippen LogP contribution in [0.3, 0.4) is 0 Å². The van der Waals surface area contributed by atoms with Crippen molar-refractivity contribution < 1.29 is 9.53 Å². The number of esters is 1. The van der Waals surface area contributed by atoms with Crippen LogP contribution in [0.5, 0.6) is 0 Å². The highest BCUT2D eigenvalue weighted by atomic mass is 16.5. The molecular weight excluding hydrogens is 202 g/mol. The fraction of sp³-hybridized carbons (Fsp3) is 0.462. The predicted molar refractivity (Wildman–Crippen MR) is 62.4 cm³/mol. The van der Waals surface area contributed by atoms with E-state index in [0.717, 1.165) is 13.0 Å². The summed E-state index contributed by atoms with van der Waals surface area (Å²) in [6, 6.07) is 7.71. The molecule has 86 valence electrons. The Hall–Kier alpha value is -1.35. The molecule has 16 heavy (non-hydrogen) atoms. The Morgan fingerprint density at radius 3 is 2.44 bits per heavy atom. The number of hydrogen-bond donors (Lipinski definition) is 1. The molecule has 0 heterocycles. The molecule has 3 nitrogen and oxygen atoms in total. The summed E-state index contributed by atoms with van der Waals surface area (Å²) in [5.41, 5.74) is 7.82. The summed E-state index contributed by atoms with van der Waals surface area (Å²) in [7, 11) is 1.40. The van der Waals surface area contributed by atoms with E-state index in [1.54, 1.807) is 0 Å². The molecular formula is C13H17NO2. The quantitative estimate of drug-likeness (QED) is 0.786. The summed E-state index contributed by atoms with van der Waals surface area (Å²) >= 11 is 0. The molecule has 2 N–H and O–H groups in total. The Morgan fingerprint density at radius 1 is 1.38 bits per heavy atom. The number of nitrogens with two attached hydrogens (primary N) is 1. The highest BCUT2D eigenvalue weighted by molar-refractivity contribution is 5.89. The van der Waals surface area contributed by atoms with Crippen molar-refractivity contribution >= 4 is 5.97 Å². The molecule has 0 saturated heterocycles. The summed E-state index contributed by atoms with van der Waals surface area (Å²) in [5, 5.41) is 0. The number of ether oxygens (including phenoxy) is 1. The summed E-state index contributed by atoms with van der Waals surface area (Å²) in [6.07, 6.45) is 3.45. The molecule has 3 heteroatoms. The average molecular weight is 219 g/mol. The van der Waals surface area contributed by atoms with Crippen LogP contribution in [0.2, 0.25) is 0 Å². The van der Waals surface area contributed by atoms with E-state index < -0.39 is 0 Å². The summed E-state index contributed by atoms with van der Waals surface area (Å²) in [6.45, 7) is 0.721. The molecule has 1 aliphatic rings. The zero-order valence-electron chi connectivity index (χ0n) is 9.53. The maximum Gasteiger partial charge on any atom is 0.337 e. The fourth-order valence-corrected chi connectivity index (χ4v) is 2.19. The molecule has 1 saturated carbocycles. The monoisotopic (exact) mass is 219 g/mol. The highest BCUT2D eigenvalue weighted by Crippen LogP contribution is 2.50. The van der Waals surface area contributed by atoms with Gasteiger partial charge in [0.05, 0.1) is 12.7 Å². The van der Waals surface area contributed by atoms with E-state index in [0.29, 0.717) is 11.0 Å². The van der Waals surface area contributed by atoms with Crippen LogP contribution in [0, 0.1) is 0 Å². The van der Waals surface area contributed by atoms with Crippen LogP contribution in [0.4, 0.5) is 0 Å². The maximum absolute atomic E-state index is 11.3. The lowest BCUT2D eigenvalue weighted by Gasteiger charge is -2.14. The van der Waals surface area contributed by atoms with E-state index in [1.165, 1.54) is 25.5 Å². The van der Waals surface area contributed by atoms with Crippen molar-refractivity contribution in [3.05, 3.63) is 35.4 Å². The molecule has 0 spiro atoms. The molecule has 1 aromatic carbocycles. The standard InChI is InChI=1S/C13H17NO2/c1-16-12(15)10-2-4-11(5-3-10)13(6-7-13)8-9-14/h2-5H,6-9,14H2,1H3. The van der Waals surface area contributed by atoms with Gasteiger partial charge in [-0.1, -0.05) is 12.1 Å². The number of carbonyl (C=O) groups is 1. The molecule has 0 unspecified atom stereocenters. The van der Waals surface area contributed by atoms with E-state index in [-0.39, 0.29) is 5.97 Å². The molecule has 2 rings (SSSR count). The smallest absolute Gasteiger partial charge is 0.337 e. The van der Waals surface area contributed by atoms with Crippen molar-refractivity contribution in [1.82, 2.24) is 0 Å². The second kappa shape index (κ2) is 4.26. The van der Waals surface area contributed by atoms with E-state index in [1.807, 2.05) is 24.3 Å². The number of methoxy groups -OCH3 is 1. The zero-order chi connectivity index (χ0) is 11.6. The van der Waals surface area contributed by atoms with Crippen molar-refractivity contribution in [1.29, 1.82) is 0 Å². The summed E-state index contributed by atoms with van der Waals surface area (Å²) < 4.78 is 4.67. The normalized spacial score (nSPS) is 16.9. The number of rotatable bonds is 4. The van der Waals surface area contributed by atoms with Crippen LogP contribution in [0.25, 0.3) is 0 Å². The van der Waals surface area contributed by atoms with Gasteiger partial charge >= 0.3 is 5.97 Å². The van der Waals surface area contributed by atoms with Gasteiger partial charge in [-0.25, -0.2) is 4.79 Å². The molecule has 0 radical (unpaired) electrons. The first-order valence-electron chi connectivity index (χ1n) is 5.61. The first kappa shape index (κ1) is 11.1. The van der Waals surface area contributed by atoms with E-state index in [2.05, 4.69) is 4.74 Å². The van der Waals surface area contributed by atoms with Crippen molar-refractivity contribution in [2.45, 2.75) is 24.7 Å². The second-order valence-electron chi connectivity index (χ2n) is 4.39. The molecule has 1 fully saturated rings. The maximum atomic E-state index is 11.3. The van der Waals surface area contributed by atoms with Crippen LogP contribution < -0.4 is 5.73 Å². The largest absolute Gasteiger partial charge is 0.465 e. The highest BCUT2D eigenvalue weighted by Gasteiger charge is 2.43. The fourth-order valence-electron chi connectivity index (χ4n) is 2.19. The zero-order valence-corrected chi connectivity index (χ0v) is 9.53. The van der Waals surface area contributed by atoms with Crippen molar-refractivity contribution in [2.24, 2.45) is 5.73 Å². The molecule has 1 aromatic rings. The van der Waals surface area contributed by atoms with Gasteiger partial charge in [0, 0.05) is 0 Å². The summed E-state index contributed by atoms with van der Waals surface area (Å²) in [5.74, 6) is -0.282. The Bertz CT molecular complexity index is 379. The molecule has 0 aromatic heterocycles. The minimum absolute atomic E-state index is 0.282. The van der Waals surface area contributed by atoms with E-state index in [9.17, 15) is 4.79 Å². The van der Waals surface area contributed by atoms with Gasteiger partial charge in [0.2, 0.25) is 0 Å². The van der Waals surface area contributed by atoms with E-state index in [4.69, 9.17) is 5.73 Å². The molecule has 0 amide bonds. The average Bonchev–Trinajstić information content (AvgIpc) is 3.10. The van der Waals surface area contributed by atoms with Crippen LogP contribution >= 0.6 is 0 Å². The van der Waals surface area contributed by atoms with E-state index >= 15 is 0 Å². The lowest BCUT2D eigenvalue weighted by Crippen LogP contribution is -2.13. The van der Waals surface area contributed by atoms with Crippen molar-refractivity contribution in [3.8, 4) is 0 Å². The molecule has 0 atom stereocenters. The number of carbonyl (C=O) groups excluding carboxylic acids is 1. The van der Waals surface area contributed by atoms with Gasteiger partial charge in [0.25, 0.3) is 0 Å². The Morgan fingerprint density at radius 2 is 2.00 bits per heavy atom. The van der Waals surface area contributed by atoms with Gasteiger partial charge in [0.1, 0.15) is 0 Å². The Labute approximate surface area is 95.6 Å². The predicted octanol–water partition coefficient (Wildman–Crippen LogP) is 1.85. The molecule has 0 aliphatic heterocycles. The van der Waals surface area contributed by atoms with Gasteiger partial charge in [-0.05, 0) is 48.9 Å². The minimum atomic E-state index is -0.282. The number of hydrogen-bond acceptors (Lipinski definition) is 3. The van der Waals surface area contributed by atoms with Crippen molar-refractivity contribution in [2.75, 3.05) is 13.7 Å². The first-order chi connectivity index (χ1) is 7.72. The van der Waals surface area contributed by atoms with Gasteiger partial charge in [0.15, 0.2) is 0 Å². The first-order valence-corrected chi connectivity index (χ1v) is 5.61. The van der Waals surface area contributed by atoms with Crippen LogP contribution in [-0.4, -0.2) is 19.6 Å². The van der Waals surface area contributed by atoms with Crippen LogP contribution in [0.15, 0.2) is 24.3 Å². The molecule has 1 aliphatic carbocycles. The van der Waals surface area contributed by atoms with Gasteiger partial charge < -0.3 is 10.5 Å². The topological polar surface area (TPSA) is 52.3 Å². The lowest BCUT2D eigenvalue weighted by atomic mass is 9.92. The van der Waals surface area contributed by atoms with Crippen molar-refractivity contribution in [3.63, 3.8) is 0 Å². The lowest BCUT2D eigenvalue weighted by molar-refractivity contribution is 0.0600. The third kappa shape index (κ3) is 1.95. The third-order valence-electron chi connectivity index (χ3n) is 3.39. The number of benzene rings is 1. The third-order valence-corrected chi connectivity index (χ3v) is 3.39. The van der Waals surface area contributed by atoms with Gasteiger partial charge in [-0.3, -0.25) is 0 Å². The molecule has 0 bridgehead atoms. The summed E-state index contributed by atoms with van der Waals surface area (Å²) in [4.78, 5) is 11.3. The van der Waals surface area contributed by atoms with Crippen LogP contribution in [0.1, 0.15) is 35.2 Å². The van der Waals surface area contributed by atoms with Gasteiger partial charge in [-0.2, -0.15) is 0 Å². The second-order valence-corrected chi connectivity index (χ2v) is 4.39. The van der Waals surface area contributed by atoms with Crippen LogP contribution in [-0.2, 0) is 10.2 Å². The van der Waals surface area contributed by atoms with Gasteiger partial charge in [-0.15, -0.1) is 0 Å². The minimum Gasteiger partial charge on any atom is -0.465 e. The Kier molecular flexibility index (Phi) is 2.97. The Balaban J connectivity index is 2.16.